The number of hydrogen-bond donors (Lipinski definition) is 2. The van der Waals surface area contributed by atoms with E-state index >= 15 is 0 Å². The van der Waals surface area contributed by atoms with Crippen LogP contribution in [0, 0.1) is 0 Å². The molecule has 0 aliphatic carbocycles. The van der Waals surface area contributed by atoms with Crippen molar-refractivity contribution in [2.24, 2.45) is 0 Å². The molecule has 15 heavy (non-hydrogen) atoms. The Labute approximate surface area is 87.4 Å². The summed E-state index contributed by atoms with van der Waals surface area (Å²) in [5.74, 6) is 0. The predicted molar refractivity (Wildman–Crippen MR) is 63.3 cm³/mol. The number of aromatic nitrogens is 1. The molecule has 0 amide bonds. The van der Waals surface area contributed by atoms with Gasteiger partial charge in [0.1, 0.15) is 0 Å². The van der Waals surface area contributed by atoms with Gasteiger partial charge in [0, 0.05) is 18.3 Å². The van der Waals surface area contributed by atoms with Crippen molar-refractivity contribution in [1.29, 1.82) is 0 Å². The van der Waals surface area contributed by atoms with E-state index in [2.05, 4.69) is 16.9 Å². The van der Waals surface area contributed by atoms with Gasteiger partial charge in [-0.1, -0.05) is 12.1 Å². The minimum absolute atomic E-state index is 0.0802. The molecule has 3 heteroatoms. The lowest BCUT2D eigenvalue weighted by Gasteiger charge is -2.04. The van der Waals surface area contributed by atoms with Crippen molar-refractivity contribution in [3.8, 4) is 0 Å². The Morgan fingerprint density at radius 1 is 1.33 bits per heavy atom. The number of pyridine rings is 1. The number of rotatable bonds is 3. The average Bonchev–Trinajstić information content (AvgIpc) is 2.25. The lowest BCUT2D eigenvalue weighted by Crippen LogP contribution is -2.03. The normalized spacial score (nSPS) is 10.1. The molecule has 2 aromatic rings. The van der Waals surface area contributed by atoms with Gasteiger partial charge < -0.3 is 10.3 Å². The van der Waals surface area contributed by atoms with Crippen LogP contribution in [0.25, 0.3) is 10.9 Å². The van der Waals surface area contributed by atoms with Crippen molar-refractivity contribution in [3.05, 3.63) is 53.3 Å². The molecule has 0 atom stereocenters. The molecular formula is C12H12N2O. The molecular weight excluding hydrogens is 188 g/mol. The molecule has 2 N–H and O–H groups in total. The molecule has 0 fully saturated rings. The minimum Gasteiger partial charge on any atom is -0.382 e. The Balaban J connectivity index is 2.44. The molecule has 0 saturated heterocycles. The summed E-state index contributed by atoms with van der Waals surface area (Å²) in [5, 5.41) is 4.19. The van der Waals surface area contributed by atoms with Crippen LogP contribution in [0.5, 0.6) is 0 Å². The van der Waals surface area contributed by atoms with E-state index in [9.17, 15) is 4.79 Å². The molecule has 0 spiro atoms. The van der Waals surface area contributed by atoms with Gasteiger partial charge in [0.05, 0.1) is 5.52 Å². The molecule has 3 nitrogen and oxygen atoms in total. The Morgan fingerprint density at radius 2 is 2.13 bits per heavy atom. The summed E-state index contributed by atoms with van der Waals surface area (Å²) in [6.07, 6.45) is 1.79. The molecule has 76 valence electrons. The first kappa shape index (κ1) is 9.52. The average molecular weight is 200 g/mol. The number of hydrogen-bond acceptors (Lipinski definition) is 2. The number of aromatic amines is 1. The van der Waals surface area contributed by atoms with E-state index < -0.39 is 0 Å². The first-order valence-corrected chi connectivity index (χ1v) is 4.77. The number of nitrogens with one attached hydrogen (secondary N) is 2. The topological polar surface area (TPSA) is 44.9 Å². The summed E-state index contributed by atoms with van der Waals surface area (Å²) < 4.78 is 0. The lowest BCUT2D eigenvalue weighted by atomic mass is 10.2. The number of H-pyrrole nitrogens is 1. The Kier molecular flexibility index (Phi) is 2.54. The standard InChI is InChI=1S/C12H12N2O/c1-2-7-13-10-5-3-9-4-6-12(15)14-11(9)8-10/h2-6,8,13H,1,7H2,(H,14,15). The second-order valence-corrected chi connectivity index (χ2v) is 3.29. The fourth-order valence-corrected chi connectivity index (χ4v) is 1.45. The van der Waals surface area contributed by atoms with Crippen LogP contribution in [0.4, 0.5) is 5.69 Å². The molecule has 0 unspecified atom stereocenters. The molecule has 0 saturated carbocycles. The van der Waals surface area contributed by atoms with Crippen molar-refractivity contribution in [1.82, 2.24) is 4.98 Å². The van der Waals surface area contributed by atoms with Crippen LogP contribution in [-0.2, 0) is 0 Å². The highest BCUT2D eigenvalue weighted by atomic mass is 16.1. The van der Waals surface area contributed by atoms with E-state index in [0.29, 0.717) is 6.54 Å². The predicted octanol–water partition coefficient (Wildman–Crippen LogP) is 2.13. The van der Waals surface area contributed by atoms with Gasteiger partial charge in [-0.15, -0.1) is 6.58 Å². The summed E-state index contributed by atoms with van der Waals surface area (Å²) in [5.41, 5.74) is 1.74. The highest BCUT2D eigenvalue weighted by molar-refractivity contribution is 5.81. The van der Waals surface area contributed by atoms with E-state index in [4.69, 9.17) is 0 Å². The molecule has 0 bridgehead atoms. The molecule has 1 heterocycles. The fourth-order valence-electron chi connectivity index (χ4n) is 1.45. The van der Waals surface area contributed by atoms with Crippen LogP contribution in [0.3, 0.4) is 0 Å². The number of benzene rings is 1. The summed E-state index contributed by atoms with van der Waals surface area (Å²) >= 11 is 0. The van der Waals surface area contributed by atoms with Crippen LogP contribution < -0.4 is 10.9 Å². The molecule has 2 rings (SSSR count). The highest BCUT2D eigenvalue weighted by Crippen LogP contribution is 2.15. The summed E-state index contributed by atoms with van der Waals surface area (Å²) in [6.45, 7) is 4.34. The largest absolute Gasteiger partial charge is 0.382 e. The maximum absolute atomic E-state index is 11.1. The van der Waals surface area contributed by atoms with E-state index in [1.54, 1.807) is 6.08 Å². The van der Waals surface area contributed by atoms with Crippen LogP contribution in [0.2, 0.25) is 0 Å². The fraction of sp³-hybridized carbons (Fsp3) is 0.0833. The van der Waals surface area contributed by atoms with Crippen molar-refractivity contribution in [2.75, 3.05) is 11.9 Å². The monoisotopic (exact) mass is 200 g/mol. The zero-order valence-electron chi connectivity index (χ0n) is 8.29. The van der Waals surface area contributed by atoms with Crippen molar-refractivity contribution in [2.45, 2.75) is 0 Å². The lowest BCUT2D eigenvalue weighted by molar-refractivity contribution is 1.29. The smallest absolute Gasteiger partial charge is 0.248 e. The van der Waals surface area contributed by atoms with Gasteiger partial charge in [-0.05, 0) is 23.6 Å². The summed E-state index contributed by atoms with van der Waals surface area (Å²) in [4.78, 5) is 13.9. The van der Waals surface area contributed by atoms with Gasteiger partial charge >= 0.3 is 0 Å². The van der Waals surface area contributed by atoms with Crippen molar-refractivity contribution >= 4 is 16.6 Å². The van der Waals surface area contributed by atoms with Crippen molar-refractivity contribution < 1.29 is 0 Å². The Bertz CT molecular complexity index is 543. The van der Waals surface area contributed by atoms with E-state index in [0.717, 1.165) is 16.6 Å². The van der Waals surface area contributed by atoms with Gasteiger partial charge in [-0.25, -0.2) is 0 Å². The second-order valence-electron chi connectivity index (χ2n) is 3.29. The molecule has 0 aliphatic rings. The SMILES string of the molecule is C=CCNc1ccc2ccc(=O)[nH]c2c1. The summed E-state index contributed by atoms with van der Waals surface area (Å²) in [7, 11) is 0. The quantitative estimate of drug-likeness (QED) is 0.745. The van der Waals surface area contributed by atoms with Gasteiger partial charge in [0.2, 0.25) is 5.56 Å². The number of anilines is 1. The Morgan fingerprint density at radius 3 is 2.93 bits per heavy atom. The Hall–Kier alpha value is -2.03. The highest BCUT2D eigenvalue weighted by Gasteiger charge is 1.95. The minimum atomic E-state index is -0.0802. The van der Waals surface area contributed by atoms with Gasteiger partial charge in [-0.2, -0.15) is 0 Å². The van der Waals surface area contributed by atoms with Crippen LogP contribution in [-0.4, -0.2) is 11.5 Å². The third-order valence-corrected chi connectivity index (χ3v) is 2.18. The van der Waals surface area contributed by atoms with Crippen LogP contribution in [0.15, 0.2) is 47.8 Å². The first-order chi connectivity index (χ1) is 7.29. The van der Waals surface area contributed by atoms with Gasteiger partial charge in [-0.3, -0.25) is 4.79 Å². The zero-order chi connectivity index (χ0) is 10.7. The maximum atomic E-state index is 11.1. The third-order valence-electron chi connectivity index (χ3n) is 2.18. The maximum Gasteiger partial charge on any atom is 0.248 e. The molecule has 1 aromatic heterocycles. The second kappa shape index (κ2) is 4.00. The van der Waals surface area contributed by atoms with Crippen LogP contribution >= 0.6 is 0 Å². The number of fused-ring (bicyclic) bond motifs is 1. The van der Waals surface area contributed by atoms with E-state index in [1.165, 1.54) is 6.07 Å². The molecule has 0 radical (unpaired) electrons. The third kappa shape index (κ3) is 2.07. The first-order valence-electron chi connectivity index (χ1n) is 4.77. The van der Waals surface area contributed by atoms with E-state index in [-0.39, 0.29) is 5.56 Å². The van der Waals surface area contributed by atoms with Crippen molar-refractivity contribution in [3.63, 3.8) is 0 Å². The van der Waals surface area contributed by atoms with Gasteiger partial charge in [0.25, 0.3) is 0 Å². The zero-order valence-corrected chi connectivity index (χ0v) is 8.29. The molecule has 1 aromatic carbocycles. The summed E-state index contributed by atoms with van der Waals surface area (Å²) in [6, 6.07) is 9.20. The van der Waals surface area contributed by atoms with Crippen LogP contribution in [0.1, 0.15) is 0 Å². The van der Waals surface area contributed by atoms with E-state index in [1.807, 2.05) is 24.3 Å². The molecule has 0 aliphatic heterocycles. The van der Waals surface area contributed by atoms with Gasteiger partial charge in [0.15, 0.2) is 0 Å².